The highest BCUT2D eigenvalue weighted by Crippen LogP contribution is 2.44. The summed E-state index contributed by atoms with van der Waals surface area (Å²) in [5, 5.41) is 12.0. The van der Waals surface area contributed by atoms with E-state index in [9.17, 15) is 5.11 Å². The Morgan fingerprint density at radius 1 is 0.579 bits per heavy atom. The molecule has 0 aliphatic carbocycles. The Bertz CT molecular complexity index is 2820. The summed E-state index contributed by atoms with van der Waals surface area (Å²) in [7, 11) is 0. The average molecular weight is 742 g/mol. The van der Waals surface area contributed by atoms with E-state index < -0.39 is 0 Å². The summed E-state index contributed by atoms with van der Waals surface area (Å²) in [4.78, 5) is 12.4. The topological polar surface area (TPSA) is 62.4 Å². The number of phenols is 1. The summed E-state index contributed by atoms with van der Waals surface area (Å²) in [5.74, 6) is 0.722. The number of phenolic OH excluding ortho intramolecular Hbond substituents is 1. The Labute approximate surface area is 333 Å². The molecule has 0 saturated carbocycles. The second kappa shape index (κ2) is 14.6. The van der Waals surface area contributed by atoms with Gasteiger partial charge in [-0.25, -0.2) is 4.98 Å². The van der Waals surface area contributed by atoms with Crippen LogP contribution in [-0.2, 0) is 5.41 Å². The van der Waals surface area contributed by atoms with Crippen LogP contribution in [0.1, 0.15) is 50.3 Å². The standard InChI is InChI=1S/C52H43N3O2/c1-34(2)35-29-36(42-24-16-25-43-46(27-28-53-49(42)43)52(3,4)38-17-8-5-9-18-38)31-37(30-35)45-32-41(55(39-19-10-6-11-20-39)40-21-12-7-13-22-40)33-48-50(45)54-51(57-48)44-23-14-15-26-47(44)56/h5-34,56H,1-4H3. The Balaban J connectivity index is 1.29. The molecule has 2 aromatic heterocycles. The Hall–Kier alpha value is -6.98. The van der Waals surface area contributed by atoms with Crippen molar-refractivity contribution >= 4 is 39.1 Å². The third kappa shape index (κ3) is 6.61. The maximum atomic E-state index is 10.9. The third-order valence-electron chi connectivity index (χ3n) is 11.1. The van der Waals surface area contributed by atoms with Crippen molar-refractivity contribution in [2.24, 2.45) is 0 Å². The number of fused-ring (bicyclic) bond motifs is 2. The highest BCUT2D eigenvalue weighted by Gasteiger charge is 2.26. The van der Waals surface area contributed by atoms with Crippen molar-refractivity contribution < 1.29 is 9.52 Å². The van der Waals surface area contributed by atoms with E-state index in [2.05, 4.69) is 160 Å². The molecule has 0 aliphatic rings. The number of rotatable bonds is 9. The first-order valence-electron chi connectivity index (χ1n) is 19.5. The minimum atomic E-state index is -0.237. The van der Waals surface area contributed by atoms with E-state index >= 15 is 0 Å². The molecule has 2 heterocycles. The van der Waals surface area contributed by atoms with Crippen LogP contribution in [0.4, 0.5) is 17.1 Å². The van der Waals surface area contributed by atoms with E-state index in [1.54, 1.807) is 12.1 Å². The summed E-state index contributed by atoms with van der Waals surface area (Å²) < 4.78 is 6.58. The predicted molar refractivity (Wildman–Crippen MR) is 235 cm³/mol. The number of aromatic nitrogens is 2. The van der Waals surface area contributed by atoms with Crippen molar-refractivity contribution in [1.82, 2.24) is 9.97 Å². The van der Waals surface area contributed by atoms with Crippen LogP contribution in [0.2, 0.25) is 0 Å². The Morgan fingerprint density at radius 3 is 1.86 bits per heavy atom. The summed E-state index contributed by atoms with van der Waals surface area (Å²) in [5.41, 5.74) is 13.3. The highest BCUT2D eigenvalue weighted by atomic mass is 16.3. The molecule has 5 nitrogen and oxygen atoms in total. The highest BCUT2D eigenvalue weighted by molar-refractivity contribution is 6.00. The lowest BCUT2D eigenvalue weighted by Crippen LogP contribution is -2.19. The van der Waals surface area contributed by atoms with E-state index in [0.717, 1.165) is 50.2 Å². The van der Waals surface area contributed by atoms with E-state index in [-0.39, 0.29) is 17.1 Å². The van der Waals surface area contributed by atoms with E-state index in [0.29, 0.717) is 22.6 Å². The molecular weight excluding hydrogens is 699 g/mol. The van der Waals surface area contributed by atoms with Gasteiger partial charge >= 0.3 is 0 Å². The van der Waals surface area contributed by atoms with Gasteiger partial charge in [-0.2, -0.15) is 0 Å². The van der Waals surface area contributed by atoms with Crippen LogP contribution in [0.5, 0.6) is 5.75 Å². The lowest BCUT2D eigenvalue weighted by atomic mass is 9.76. The van der Waals surface area contributed by atoms with Crippen LogP contribution in [0.3, 0.4) is 0 Å². The number of aromatic hydroxyl groups is 1. The van der Waals surface area contributed by atoms with Crippen molar-refractivity contribution in [2.45, 2.75) is 39.0 Å². The number of nitrogens with zero attached hydrogens (tertiary/aromatic N) is 3. The second-order valence-corrected chi connectivity index (χ2v) is 15.4. The largest absolute Gasteiger partial charge is 0.507 e. The molecule has 278 valence electrons. The first kappa shape index (κ1) is 35.7. The van der Waals surface area contributed by atoms with Crippen molar-refractivity contribution in [3.8, 4) is 39.5 Å². The van der Waals surface area contributed by atoms with Gasteiger partial charge in [0, 0.05) is 45.6 Å². The lowest BCUT2D eigenvalue weighted by molar-refractivity contribution is 0.474. The van der Waals surface area contributed by atoms with Crippen LogP contribution < -0.4 is 4.90 Å². The number of hydrogen-bond acceptors (Lipinski definition) is 5. The minimum Gasteiger partial charge on any atom is -0.507 e. The molecule has 9 aromatic rings. The molecule has 5 heteroatoms. The fourth-order valence-corrected chi connectivity index (χ4v) is 8.00. The van der Waals surface area contributed by atoms with Crippen LogP contribution >= 0.6 is 0 Å². The molecule has 0 bridgehead atoms. The minimum absolute atomic E-state index is 0.114. The lowest BCUT2D eigenvalue weighted by Gasteiger charge is -2.28. The predicted octanol–water partition coefficient (Wildman–Crippen LogP) is 14.0. The molecule has 0 spiro atoms. The SMILES string of the molecule is CC(C)c1cc(-c2cc(N(c3ccccc3)c3ccccc3)cc3oc(-c4ccccc4O)nc23)cc(-c2cccc3c(C(C)(C)c4ccccc4)ccnc23)c1. The van der Waals surface area contributed by atoms with E-state index in [1.165, 1.54) is 16.7 Å². The maximum Gasteiger partial charge on any atom is 0.231 e. The number of pyridine rings is 1. The van der Waals surface area contributed by atoms with Crippen LogP contribution in [0, 0.1) is 0 Å². The van der Waals surface area contributed by atoms with Crippen LogP contribution in [-0.4, -0.2) is 15.1 Å². The van der Waals surface area contributed by atoms with Gasteiger partial charge in [0.05, 0.1) is 16.8 Å². The molecule has 0 aliphatic heterocycles. The van der Waals surface area contributed by atoms with Gasteiger partial charge < -0.3 is 14.4 Å². The summed E-state index contributed by atoms with van der Waals surface area (Å²) in [6, 6.07) is 58.4. The monoisotopic (exact) mass is 741 g/mol. The molecule has 0 unspecified atom stereocenters. The molecule has 7 aromatic carbocycles. The molecule has 0 saturated heterocycles. The fourth-order valence-electron chi connectivity index (χ4n) is 8.00. The van der Waals surface area contributed by atoms with Gasteiger partial charge in [0.15, 0.2) is 5.58 Å². The van der Waals surface area contributed by atoms with E-state index in [4.69, 9.17) is 14.4 Å². The molecule has 57 heavy (non-hydrogen) atoms. The van der Waals surface area contributed by atoms with E-state index in [1.807, 2.05) is 36.5 Å². The zero-order valence-electron chi connectivity index (χ0n) is 32.5. The first-order chi connectivity index (χ1) is 27.8. The molecule has 9 rings (SSSR count). The van der Waals surface area contributed by atoms with Gasteiger partial charge in [0.1, 0.15) is 11.3 Å². The third-order valence-corrected chi connectivity index (χ3v) is 11.1. The molecular formula is C52H43N3O2. The van der Waals surface area contributed by atoms with Crippen molar-refractivity contribution in [2.75, 3.05) is 4.90 Å². The van der Waals surface area contributed by atoms with Crippen molar-refractivity contribution in [3.63, 3.8) is 0 Å². The van der Waals surface area contributed by atoms with Gasteiger partial charge in [0.25, 0.3) is 0 Å². The average Bonchev–Trinajstić information content (AvgIpc) is 3.68. The molecule has 1 N–H and O–H groups in total. The van der Waals surface area contributed by atoms with Gasteiger partial charge in [-0.1, -0.05) is 137 Å². The molecule has 0 fully saturated rings. The van der Waals surface area contributed by atoms with Crippen LogP contribution in [0.15, 0.2) is 180 Å². The molecule has 0 amide bonds. The summed E-state index contributed by atoms with van der Waals surface area (Å²) in [6.07, 6.45) is 1.95. The number of anilines is 3. The second-order valence-electron chi connectivity index (χ2n) is 15.4. The van der Waals surface area contributed by atoms with Gasteiger partial charge in [-0.15, -0.1) is 0 Å². The Morgan fingerprint density at radius 2 is 1.19 bits per heavy atom. The summed E-state index contributed by atoms with van der Waals surface area (Å²) >= 11 is 0. The van der Waals surface area contributed by atoms with Gasteiger partial charge in [-0.3, -0.25) is 4.98 Å². The number of para-hydroxylation sites is 4. The number of hydrogen-bond donors (Lipinski definition) is 1. The summed E-state index contributed by atoms with van der Waals surface area (Å²) in [6.45, 7) is 9.04. The first-order valence-corrected chi connectivity index (χ1v) is 19.5. The van der Waals surface area contributed by atoms with Crippen molar-refractivity contribution in [1.29, 1.82) is 0 Å². The molecule has 0 radical (unpaired) electrons. The fraction of sp³-hybridized carbons (Fsp3) is 0.115. The zero-order chi connectivity index (χ0) is 39.1. The number of benzene rings is 7. The maximum absolute atomic E-state index is 10.9. The van der Waals surface area contributed by atoms with Gasteiger partial charge in [-0.05, 0) is 88.3 Å². The van der Waals surface area contributed by atoms with Crippen molar-refractivity contribution in [3.05, 3.63) is 193 Å². The van der Waals surface area contributed by atoms with Crippen LogP contribution in [0.25, 0.3) is 55.7 Å². The normalized spacial score (nSPS) is 11.7. The zero-order valence-corrected chi connectivity index (χ0v) is 32.5. The van der Waals surface area contributed by atoms with Gasteiger partial charge in [0.2, 0.25) is 5.89 Å². The molecule has 0 atom stereocenters. The smallest absolute Gasteiger partial charge is 0.231 e. The number of oxazole rings is 1. The Kier molecular flexibility index (Phi) is 9.14. The quantitative estimate of drug-likeness (QED) is 0.160.